The third-order valence-electron chi connectivity index (χ3n) is 3.16. The first-order valence-corrected chi connectivity index (χ1v) is 6.22. The number of hydrogen-bond donors (Lipinski definition) is 1. The Morgan fingerprint density at radius 3 is 2.79 bits per heavy atom. The predicted molar refractivity (Wildman–Crippen MR) is 69.6 cm³/mol. The minimum atomic E-state index is -0.567. The van der Waals surface area contributed by atoms with Crippen molar-refractivity contribution in [3.63, 3.8) is 0 Å². The molecule has 0 aliphatic rings. The van der Waals surface area contributed by atoms with Gasteiger partial charge in [-0.15, -0.1) is 0 Å². The molecule has 0 fully saturated rings. The Balaban J connectivity index is 1.90. The molecule has 19 heavy (non-hydrogen) atoms. The molecule has 0 amide bonds. The highest BCUT2D eigenvalue weighted by atomic mass is 19.1. The van der Waals surface area contributed by atoms with Crippen LogP contribution in [0.15, 0.2) is 30.6 Å². The van der Waals surface area contributed by atoms with E-state index < -0.39 is 11.6 Å². The number of hydrogen-bond acceptors (Lipinski definition) is 2. The highest BCUT2D eigenvalue weighted by Gasteiger charge is 2.10. The molecule has 2 rings (SSSR count). The van der Waals surface area contributed by atoms with E-state index in [4.69, 9.17) is 5.73 Å². The second kappa shape index (κ2) is 5.93. The van der Waals surface area contributed by atoms with E-state index in [0.29, 0.717) is 18.4 Å². The Morgan fingerprint density at radius 1 is 1.37 bits per heavy atom. The predicted octanol–water partition coefficient (Wildman–Crippen LogP) is 2.20. The zero-order valence-electron chi connectivity index (χ0n) is 10.8. The third-order valence-corrected chi connectivity index (χ3v) is 3.16. The van der Waals surface area contributed by atoms with Gasteiger partial charge in [0.15, 0.2) is 0 Å². The molecular formula is C14H17F2N3. The van der Waals surface area contributed by atoms with Gasteiger partial charge in [0.2, 0.25) is 0 Å². The summed E-state index contributed by atoms with van der Waals surface area (Å²) < 4.78 is 28.2. The summed E-state index contributed by atoms with van der Waals surface area (Å²) in [7, 11) is 1.92. The van der Waals surface area contributed by atoms with Crippen molar-refractivity contribution in [2.75, 3.05) is 0 Å². The summed E-state index contributed by atoms with van der Waals surface area (Å²) in [6.45, 7) is 0. The van der Waals surface area contributed by atoms with Crippen molar-refractivity contribution in [2.45, 2.75) is 25.3 Å². The molecule has 1 unspecified atom stereocenters. The second-order valence-corrected chi connectivity index (χ2v) is 4.69. The lowest BCUT2D eigenvalue weighted by molar-refractivity contribution is 0.543. The van der Waals surface area contributed by atoms with Crippen LogP contribution in [0.4, 0.5) is 8.78 Å². The highest BCUT2D eigenvalue weighted by molar-refractivity contribution is 5.19. The van der Waals surface area contributed by atoms with Gasteiger partial charge in [0, 0.05) is 38.0 Å². The Hall–Kier alpha value is -1.75. The van der Waals surface area contributed by atoms with Crippen LogP contribution in [-0.2, 0) is 19.9 Å². The molecule has 3 nitrogen and oxygen atoms in total. The zero-order valence-corrected chi connectivity index (χ0v) is 10.8. The summed E-state index contributed by atoms with van der Waals surface area (Å²) in [5.41, 5.74) is 6.43. The maximum Gasteiger partial charge on any atom is 0.129 e. The average Bonchev–Trinajstić information content (AvgIpc) is 2.76. The summed E-state index contributed by atoms with van der Waals surface area (Å²) in [4.78, 5) is 4.21. The molecular weight excluding hydrogens is 248 g/mol. The van der Waals surface area contributed by atoms with Gasteiger partial charge in [-0.2, -0.15) is 0 Å². The number of nitrogens with two attached hydrogens (primary N) is 1. The van der Waals surface area contributed by atoms with Gasteiger partial charge < -0.3 is 10.3 Å². The van der Waals surface area contributed by atoms with Crippen molar-refractivity contribution in [3.05, 3.63) is 53.6 Å². The molecule has 2 N–H and O–H groups in total. The van der Waals surface area contributed by atoms with Crippen LogP contribution in [-0.4, -0.2) is 15.6 Å². The number of aromatic nitrogens is 2. The van der Waals surface area contributed by atoms with Crippen molar-refractivity contribution >= 4 is 0 Å². The van der Waals surface area contributed by atoms with Crippen molar-refractivity contribution in [2.24, 2.45) is 12.8 Å². The molecule has 5 heteroatoms. The summed E-state index contributed by atoms with van der Waals surface area (Å²) in [5, 5.41) is 0. The van der Waals surface area contributed by atoms with E-state index in [1.54, 1.807) is 6.20 Å². The quantitative estimate of drug-likeness (QED) is 0.900. The summed E-state index contributed by atoms with van der Waals surface area (Å²) in [6, 6.07) is 3.42. The van der Waals surface area contributed by atoms with Gasteiger partial charge in [0.25, 0.3) is 0 Å². The number of aryl methyl sites for hydroxylation is 2. The van der Waals surface area contributed by atoms with E-state index in [9.17, 15) is 8.78 Å². The van der Waals surface area contributed by atoms with Gasteiger partial charge in [-0.1, -0.05) is 6.07 Å². The molecule has 2 aromatic rings. The number of imidazole rings is 1. The standard InChI is InChI=1S/C14H17F2N3/c1-19-7-6-18-14(19)5-4-12(17)8-10-2-3-11(15)9-13(10)16/h2-3,6-7,9,12H,4-5,8,17H2,1H3. The minimum absolute atomic E-state index is 0.170. The van der Waals surface area contributed by atoms with Gasteiger partial charge in [0.1, 0.15) is 17.5 Å². The molecule has 0 saturated heterocycles. The lowest BCUT2D eigenvalue weighted by atomic mass is 10.0. The fraction of sp³-hybridized carbons (Fsp3) is 0.357. The number of halogens is 2. The van der Waals surface area contributed by atoms with E-state index in [0.717, 1.165) is 18.3 Å². The molecule has 0 aliphatic heterocycles. The van der Waals surface area contributed by atoms with Crippen LogP contribution in [0, 0.1) is 11.6 Å². The van der Waals surface area contributed by atoms with Crippen molar-refractivity contribution in [1.29, 1.82) is 0 Å². The van der Waals surface area contributed by atoms with Crippen LogP contribution in [0.1, 0.15) is 17.8 Å². The Kier molecular flexibility index (Phi) is 4.27. The first-order chi connectivity index (χ1) is 9.06. The van der Waals surface area contributed by atoms with E-state index in [1.165, 1.54) is 12.1 Å². The molecule has 0 spiro atoms. The summed E-state index contributed by atoms with van der Waals surface area (Å²) >= 11 is 0. The van der Waals surface area contributed by atoms with Crippen LogP contribution < -0.4 is 5.73 Å². The molecule has 0 saturated carbocycles. The lowest BCUT2D eigenvalue weighted by Crippen LogP contribution is -2.24. The fourth-order valence-corrected chi connectivity index (χ4v) is 2.02. The topological polar surface area (TPSA) is 43.8 Å². The van der Waals surface area contributed by atoms with Gasteiger partial charge in [-0.05, 0) is 24.5 Å². The third kappa shape index (κ3) is 3.61. The number of benzene rings is 1. The maximum absolute atomic E-state index is 13.5. The van der Waals surface area contributed by atoms with Crippen molar-refractivity contribution < 1.29 is 8.78 Å². The Bertz CT molecular complexity index is 551. The molecule has 1 aromatic carbocycles. The lowest BCUT2D eigenvalue weighted by Gasteiger charge is -2.12. The van der Waals surface area contributed by atoms with E-state index in [2.05, 4.69) is 4.98 Å². The Labute approximate surface area is 111 Å². The normalized spacial score (nSPS) is 12.6. The fourth-order valence-electron chi connectivity index (χ4n) is 2.02. The van der Waals surface area contributed by atoms with Crippen LogP contribution >= 0.6 is 0 Å². The molecule has 0 radical (unpaired) electrons. The monoisotopic (exact) mass is 265 g/mol. The Morgan fingerprint density at radius 2 is 2.16 bits per heavy atom. The van der Waals surface area contributed by atoms with Crippen LogP contribution in [0.3, 0.4) is 0 Å². The molecule has 0 bridgehead atoms. The SMILES string of the molecule is Cn1ccnc1CCC(N)Cc1ccc(F)cc1F. The van der Waals surface area contributed by atoms with Gasteiger partial charge in [0.05, 0.1) is 0 Å². The maximum atomic E-state index is 13.5. The number of rotatable bonds is 5. The first-order valence-electron chi connectivity index (χ1n) is 6.22. The van der Waals surface area contributed by atoms with Crippen LogP contribution in [0.2, 0.25) is 0 Å². The van der Waals surface area contributed by atoms with Crippen molar-refractivity contribution in [3.8, 4) is 0 Å². The van der Waals surface area contributed by atoms with Gasteiger partial charge in [-0.25, -0.2) is 13.8 Å². The van der Waals surface area contributed by atoms with Crippen LogP contribution in [0.5, 0.6) is 0 Å². The number of nitrogens with zero attached hydrogens (tertiary/aromatic N) is 2. The molecule has 102 valence electrons. The van der Waals surface area contributed by atoms with Crippen molar-refractivity contribution in [1.82, 2.24) is 9.55 Å². The van der Waals surface area contributed by atoms with E-state index >= 15 is 0 Å². The first kappa shape index (κ1) is 13.7. The summed E-state index contributed by atoms with van der Waals surface area (Å²) in [6.07, 6.45) is 5.46. The molecule has 1 aromatic heterocycles. The average molecular weight is 265 g/mol. The smallest absolute Gasteiger partial charge is 0.129 e. The molecule has 1 heterocycles. The van der Waals surface area contributed by atoms with Gasteiger partial charge in [-0.3, -0.25) is 0 Å². The largest absolute Gasteiger partial charge is 0.338 e. The minimum Gasteiger partial charge on any atom is -0.338 e. The van der Waals surface area contributed by atoms with E-state index in [1.807, 2.05) is 17.8 Å². The molecule has 0 aliphatic carbocycles. The highest BCUT2D eigenvalue weighted by Crippen LogP contribution is 2.13. The van der Waals surface area contributed by atoms with E-state index in [-0.39, 0.29) is 6.04 Å². The molecule has 1 atom stereocenters. The second-order valence-electron chi connectivity index (χ2n) is 4.69. The summed E-state index contributed by atoms with van der Waals surface area (Å²) in [5.74, 6) is -0.148. The van der Waals surface area contributed by atoms with Crippen LogP contribution in [0.25, 0.3) is 0 Å². The van der Waals surface area contributed by atoms with Gasteiger partial charge >= 0.3 is 0 Å². The zero-order chi connectivity index (χ0) is 13.8.